The Hall–Kier alpha value is -1.84. The zero-order chi connectivity index (χ0) is 19.9. The van der Waals surface area contributed by atoms with Crippen molar-refractivity contribution < 1.29 is 19.1 Å². The van der Waals surface area contributed by atoms with Crippen LogP contribution in [0.5, 0.6) is 0 Å². The minimum Gasteiger partial charge on any atom is -0.462 e. The highest BCUT2D eigenvalue weighted by molar-refractivity contribution is 5.93. The second kappa shape index (κ2) is 14.2. The van der Waals surface area contributed by atoms with Crippen molar-refractivity contribution in [1.82, 2.24) is 0 Å². The molecule has 0 amide bonds. The van der Waals surface area contributed by atoms with E-state index >= 15 is 0 Å². The van der Waals surface area contributed by atoms with Gasteiger partial charge in [0.25, 0.3) is 0 Å². The molecule has 0 bridgehead atoms. The maximum Gasteiger partial charge on any atom is 0.338 e. The Morgan fingerprint density at radius 3 is 1.67 bits per heavy atom. The van der Waals surface area contributed by atoms with Gasteiger partial charge < -0.3 is 9.47 Å². The maximum atomic E-state index is 12.0. The van der Waals surface area contributed by atoms with E-state index in [0.29, 0.717) is 30.3 Å². The molecule has 0 fully saturated rings. The molecule has 0 atom stereocenters. The van der Waals surface area contributed by atoms with E-state index in [1.54, 1.807) is 24.3 Å². The molecule has 152 valence electrons. The molecule has 0 unspecified atom stereocenters. The fourth-order valence-electron chi connectivity index (χ4n) is 2.70. The lowest BCUT2D eigenvalue weighted by Gasteiger charge is -2.08. The summed E-state index contributed by atoms with van der Waals surface area (Å²) in [5.74, 6) is -0.192. The molecule has 1 aromatic rings. The lowest BCUT2D eigenvalue weighted by molar-refractivity contribution is 0.0477. The minimum absolute atomic E-state index is 0.335. The zero-order valence-corrected chi connectivity index (χ0v) is 17.3. The van der Waals surface area contributed by atoms with Crippen LogP contribution in [-0.4, -0.2) is 25.2 Å². The highest BCUT2D eigenvalue weighted by Gasteiger charge is 2.11. The maximum absolute atomic E-state index is 12.0. The Balaban J connectivity index is 2.21. The van der Waals surface area contributed by atoms with Gasteiger partial charge in [-0.25, -0.2) is 9.59 Å². The van der Waals surface area contributed by atoms with Crippen molar-refractivity contribution >= 4 is 11.9 Å². The lowest BCUT2D eigenvalue weighted by atomic mass is 10.1. The van der Waals surface area contributed by atoms with Crippen LogP contribution in [0.2, 0.25) is 0 Å². The van der Waals surface area contributed by atoms with E-state index in [-0.39, 0.29) is 11.9 Å². The molecule has 0 aromatic heterocycles. The van der Waals surface area contributed by atoms with Crippen molar-refractivity contribution in [3.05, 3.63) is 35.4 Å². The van der Waals surface area contributed by atoms with Crippen LogP contribution in [0.3, 0.4) is 0 Å². The van der Waals surface area contributed by atoms with Crippen LogP contribution in [0.25, 0.3) is 0 Å². The summed E-state index contributed by atoms with van der Waals surface area (Å²) in [6.07, 6.45) is 10.5. The first kappa shape index (κ1) is 23.2. The monoisotopic (exact) mass is 376 g/mol. The number of hydrogen-bond donors (Lipinski definition) is 0. The van der Waals surface area contributed by atoms with Gasteiger partial charge >= 0.3 is 11.9 Å². The van der Waals surface area contributed by atoms with Gasteiger partial charge in [0.2, 0.25) is 0 Å². The van der Waals surface area contributed by atoms with Crippen molar-refractivity contribution in [3.8, 4) is 0 Å². The van der Waals surface area contributed by atoms with Gasteiger partial charge in [-0.15, -0.1) is 0 Å². The first-order valence-electron chi connectivity index (χ1n) is 10.5. The van der Waals surface area contributed by atoms with Crippen LogP contribution in [0.4, 0.5) is 0 Å². The van der Waals surface area contributed by atoms with Crippen molar-refractivity contribution in [3.63, 3.8) is 0 Å². The Kier molecular flexibility index (Phi) is 12.2. The number of hydrogen-bond acceptors (Lipinski definition) is 4. The first-order valence-corrected chi connectivity index (χ1v) is 10.5. The molecule has 0 saturated heterocycles. The molecular formula is C23H36O4. The van der Waals surface area contributed by atoms with E-state index in [9.17, 15) is 9.59 Å². The number of rotatable bonds is 14. The Morgan fingerprint density at radius 2 is 1.19 bits per heavy atom. The SMILES string of the molecule is CCCCCCCCCCOC(=O)c1ccc(C(=O)OCCC(C)C)cc1. The third-order valence-electron chi connectivity index (χ3n) is 4.52. The van der Waals surface area contributed by atoms with Crippen molar-refractivity contribution in [1.29, 1.82) is 0 Å². The van der Waals surface area contributed by atoms with E-state index < -0.39 is 0 Å². The molecule has 1 aromatic carbocycles. The Morgan fingerprint density at radius 1 is 0.741 bits per heavy atom. The van der Waals surface area contributed by atoms with E-state index in [0.717, 1.165) is 19.3 Å². The molecule has 0 aliphatic heterocycles. The van der Waals surface area contributed by atoms with Gasteiger partial charge in [-0.1, -0.05) is 65.7 Å². The fourth-order valence-corrected chi connectivity index (χ4v) is 2.70. The van der Waals surface area contributed by atoms with E-state index in [1.165, 1.54) is 38.5 Å². The summed E-state index contributed by atoms with van der Waals surface area (Å²) >= 11 is 0. The molecule has 0 spiro atoms. The third kappa shape index (κ3) is 10.8. The van der Waals surface area contributed by atoms with E-state index in [2.05, 4.69) is 20.8 Å². The number of unbranched alkanes of at least 4 members (excludes halogenated alkanes) is 7. The van der Waals surface area contributed by atoms with Crippen LogP contribution in [0.15, 0.2) is 24.3 Å². The predicted octanol–water partition coefficient (Wildman–Crippen LogP) is 6.19. The summed E-state index contributed by atoms with van der Waals surface area (Å²) in [5.41, 5.74) is 0.923. The smallest absolute Gasteiger partial charge is 0.338 e. The number of benzene rings is 1. The van der Waals surface area contributed by atoms with Crippen LogP contribution in [-0.2, 0) is 9.47 Å². The molecule has 0 N–H and O–H groups in total. The molecule has 4 heteroatoms. The number of ether oxygens (including phenoxy) is 2. The van der Waals surface area contributed by atoms with Crippen molar-refractivity contribution in [2.45, 2.75) is 78.6 Å². The number of carbonyl (C=O) groups excluding carboxylic acids is 2. The highest BCUT2D eigenvalue weighted by Crippen LogP contribution is 2.11. The Bertz CT molecular complexity index is 534. The largest absolute Gasteiger partial charge is 0.462 e. The molecule has 0 saturated carbocycles. The second-order valence-corrected chi connectivity index (χ2v) is 7.51. The predicted molar refractivity (Wildman–Crippen MR) is 109 cm³/mol. The van der Waals surface area contributed by atoms with E-state index in [1.807, 2.05) is 0 Å². The molecular weight excluding hydrogens is 340 g/mol. The van der Waals surface area contributed by atoms with Crippen molar-refractivity contribution in [2.75, 3.05) is 13.2 Å². The molecule has 0 aliphatic rings. The van der Waals surface area contributed by atoms with Gasteiger partial charge in [-0.05, 0) is 43.0 Å². The van der Waals surface area contributed by atoms with Gasteiger partial charge in [0.05, 0.1) is 24.3 Å². The summed E-state index contributed by atoms with van der Waals surface area (Å²) < 4.78 is 10.5. The highest BCUT2D eigenvalue weighted by atomic mass is 16.5. The molecule has 0 aliphatic carbocycles. The van der Waals surface area contributed by atoms with Gasteiger partial charge in [0, 0.05) is 0 Å². The normalized spacial score (nSPS) is 10.8. The lowest BCUT2D eigenvalue weighted by Crippen LogP contribution is -2.10. The average Bonchev–Trinajstić information content (AvgIpc) is 2.66. The summed E-state index contributed by atoms with van der Waals surface area (Å²) in [4.78, 5) is 24.0. The van der Waals surface area contributed by atoms with Gasteiger partial charge in [0.1, 0.15) is 0 Å². The summed E-state index contributed by atoms with van der Waals surface area (Å²) in [6, 6.07) is 6.47. The summed E-state index contributed by atoms with van der Waals surface area (Å²) in [7, 11) is 0. The van der Waals surface area contributed by atoms with E-state index in [4.69, 9.17) is 9.47 Å². The molecule has 1 rings (SSSR count). The zero-order valence-electron chi connectivity index (χ0n) is 17.3. The third-order valence-corrected chi connectivity index (χ3v) is 4.52. The standard InChI is InChI=1S/C23H36O4/c1-4-5-6-7-8-9-10-11-17-26-22(24)20-12-14-21(15-13-20)23(25)27-18-16-19(2)3/h12-15,19H,4-11,16-18H2,1-3H3. The fraction of sp³-hybridized carbons (Fsp3) is 0.652. The molecule has 0 radical (unpaired) electrons. The van der Waals surface area contributed by atoms with Crippen molar-refractivity contribution in [2.24, 2.45) is 5.92 Å². The minimum atomic E-state index is -0.352. The van der Waals surface area contributed by atoms with Gasteiger partial charge in [-0.2, -0.15) is 0 Å². The van der Waals surface area contributed by atoms with Crippen LogP contribution < -0.4 is 0 Å². The van der Waals surface area contributed by atoms with Crippen LogP contribution in [0, 0.1) is 5.92 Å². The average molecular weight is 377 g/mol. The summed E-state index contributed by atoms with van der Waals surface area (Å²) in [6.45, 7) is 7.26. The topological polar surface area (TPSA) is 52.6 Å². The Labute approximate surface area is 164 Å². The second-order valence-electron chi connectivity index (χ2n) is 7.51. The van der Waals surface area contributed by atoms with Gasteiger partial charge in [0.15, 0.2) is 0 Å². The van der Waals surface area contributed by atoms with Crippen LogP contribution >= 0.6 is 0 Å². The quantitative estimate of drug-likeness (QED) is 0.287. The molecule has 4 nitrogen and oxygen atoms in total. The number of esters is 2. The molecule has 0 heterocycles. The summed E-state index contributed by atoms with van der Waals surface area (Å²) in [5, 5.41) is 0. The molecule has 27 heavy (non-hydrogen) atoms. The van der Waals surface area contributed by atoms with Crippen LogP contribution in [0.1, 0.15) is 99.3 Å². The van der Waals surface area contributed by atoms with Gasteiger partial charge in [-0.3, -0.25) is 0 Å². The first-order chi connectivity index (χ1) is 13.0. The number of carbonyl (C=O) groups is 2.